The molecule has 13 heavy (non-hydrogen) atoms. The standard InChI is InChI=1S/C7H5NO3S.Na/c1-3-5(9)8-4(7(10)11)2-12-6(3)8;/h2,6H,1H2,(H,10,11);/q;+1/p-1/t6-;/m1./s1. The van der Waals surface area contributed by atoms with Crippen molar-refractivity contribution in [2.75, 3.05) is 0 Å². The number of hydrogen-bond donors (Lipinski definition) is 0. The van der Waals surface area contributed by atoms with Crippen LogP contribution in [0.2, 0.25) is 0 Å². The zero-order valence-electron chi connectivity index (χ0n) is 6.94. The van der Waals surface area contributed by atoms with Gasteiger partial charge < -0.3 is 9.90 Å². The maximum absolute atomic E-state index is 11.0. The van der Waals surface area contributed by atoms with Crippen molar-refractivity contribution in [2.45, 2.75) is 5.37 Å². The molecule has 0 aromatic rings. The normalized spacial score (nSPS) is 24.5. The van der Waals surface area contributed by atoms with Gasteiger partial charge in [-0.05, 0) is 5.41 Å². The van der Waals surface area contributed by atoms with Crippen LogP contribution >= 0.6 is 11.8 Å². The van der Waals surface area contributed by atoms with Crippen molar-refractivity contribution in [1.82, 2.24) is 4.90 Å². The summed E-state index contributed by atoms with van der Waals surface area (Å²) in [6.07, 6.45) is 0. The summed E-state index contributed by atoms with van der Waals surface area (Å²) in [5.74, 6) is -1.63. The van der Waals surface area contributed by atoms with E-state index in [2.05, 4.69) is 6.58 Å². The van der Waals surface area contributed by atoms with Gasteiger partial charge in [0.15, 0.2) is 0 Å². The Morgan fingerprint density at radius 3 is 2.85 bits per heavy atom. The average molecular weight is 205 g/mol. The topological polar surface area (TPSA) is 60.4 Å². The minimum atomic E-state index is -1.31. The third-order valence-corrected chi connectivity index (χ3v) is 2.92. The minimum absolute atomic E-state index is 0. The fourth-order valence-corrected chi connectivity index (χ4v) is 2.23. The second kappa shape index (κ2) is 3.49. The number of rotatable bonds is 1. The molecule has 6 heteroatoms. The van der Waals surface area contributed by atoms with Gasteiger partial charge in [0, 0.05) is 5.57 Å². The minimum Gasteiger partial charge on any atom is -0.543 e. The number of β-lactam (4-membered cyclic amide) rings is 1. The van der Waals surface area contributed by atoms with Crippen molar-refractivity contribution in [1.29, 1.82) is 0 Å². The van der Waals surface area contributed by atoms with E-state index in [-0.39, 0.29) is 46.5 Å². The molecule has 2 aliphatic rings. The Labute approximate surface area is 101 Å². The molecule has 62 valence electrons. The molecule has 0 aromatic heterocycles. The van der Waals surface area contributed by atoms with E-state index >= 15 is 0 Å². The second-order valence-electron chi connectivity index (χ2n) is 2.48. The summed E-state index contributed by atoms with van der Waals surface area (Å²) in [7, 11) is 0. The van der Waals surface area contributed by atoms with E-state index in [0.29, 0.717) is 5.57 Å². The van der Waals surface area contributed by atoms with Crippen LogP contribution in [0.5, 0.6) is 0 Å². The van der Waals surface area contributed by atoms with Crippen LogP contribution in [0.1, 0.15) is 0 Å². The van der Waals surface area contributed by atoms with Gasteiger partial charge in [0.25, 0.3) is 5.91 Å². The van der Waals surface area contributed by atoms with E-state index in [1.165, 1.54) is 22.1 Å². The van der Waals surface area contributed by atoms with Crippen LogP contribution in [0.4, 0.5) is 0 Å². The largest absolute Gasteiger partial charge is 1.00 e. The Morgan fingerprint density at radius 1 is 1.69 bits per heavy atom. The van der Waals surface area contributed by atoms with Crippen LogP contribution in [0.3, 0.4) is 0 Å². The Kier molecular flexibility index (Phi) is 2.91. The van der Waals surface area contributed by atoms with E-state index in [1.54, 1.807) is 0 Å². The molecule has 4 nitrogen and oxygen atoms in total. The Bertz CT molecular complexity index is 339. The van der Waals surface area contributed by atoms with E-state index < -0.39 is 5.97 Å². The Hall–Kier alpha value is -0.230. The second-order valence-corrected chi connectivity index (χ2v) is 3.43. The number of aliphatic carboxylic acids is 1. The Balaban J connectivity index is 0.000000845. The van der Waals surface area contributed by atoms with Crippen LogP contribution in [0.25, 0.3) is 0 Å². The van der Waals surface area contributed by atoms with Crippen LogP contribution in [-0.4, -0.2) is 22.2 Å². The van der Waals surface area contributed by atoms with Crippen LogP contribution in [-0.2, 0) is 9.59 Å². The molecule has 0 spiro atoms. The number of carboxylic acid groups (broad SMARTS) is 1. The van der Waals surface area contributed by atoms with Crippen LogP contribution in [0, 0.1) is 0 Å². The van der Waals surface area contributed by atoms with Crippen molar-refractivity contribution in [3.05, 3.63) is 23.3 Å². The molecule has 2 rings (SSSR count). The van der Waals surface area contributed by atoms with Crippen molar-refractivity contribution >= 4 is 23.6 Å². The monoisotopic (exact) mass is 205 g/mol. The molecule has 2 heterocycles. The molecule has 1 fully saturated rings. The molecule has 1 atom stereocenters. The number of nitrogens with zero attached hydrogens (tertiary/aromatic N) is 1. The number of hydrogen-bond acceptors (Lipinski definition) is 4. The summed E-state index contributed by atoms with van der Waals surface area (Å²) in [6.45, 7) is 3.52. The Morgan fingerprint density at radius 2 is 2.31 bits per heavy atom. The van der Waals surface area contributed by atoms with Crippen LogP contribution < -0.4 is 34.7 Å². The number of thioether (sulfide) groups is 1. The van der Waals surface area contributed by atoms with Crippen molar-refractivity contribution in [2.24, 2.45) is 0 Å². The number of amides is 1. The zero-order chi connectivity index (χ0) is 8.88. The predicted octanol–water partition coefficient (Wildman–Crippen LogP) is -3.95. The van der Waals surface area contributed by atoms with Crippen molar-refractivity contribution < 1.29 is 44.3 Å². The SMILES string of the molecule is C=C1C(=O)N2C(C(=O)[O-])=CS[C@H]12.[Na+]. The molecule has 0 N–H and O–H groups in total. The summed E-state index contributed by atoms with van der Waals surface area (Å²) >= 11 is 1.26. The fraction of sp³-hybridized carbons (Fsp3) is 0.143. The summed E-state index contributed by atoms with van der Waals surface area (Å²) in [4.78, 5) is 22.6. The number of fused-ring (bicyclic) bond motifs is 1. The molecule has 0 saturated carbocycles. The number of carbonyl (C=O) groups is 2. The van der Waals surface area contributed by atoms with Gasteiger partial charge in [-0.1, -0.05) is 6.58 Å². The van der Waals surface area contributed by atoms with E-state index in [1.807, 2.05) is 0 Å². The summed E-state index contributed by atoms with van der Waals surface area (Å²) in [6, 6.07) is 0. The first-order chi connectivity index (χ1) is 5.63. The summed E-state index contributed by atoms with van der Waals surface area (Å²) in [5.41, 5.74) is 0.398. The van der Waals surface area contributed by atoms with Crippen LogP contribution in [0.15, 0.2) is 23.3 Å². The molecular formula is C7H4NNaO3S. The predicted molar refractivity (Wildman–Crippen MR) is 40.5 cm³/mol. The quantitative estimate of drug-likeness (QED) is 0.249. The third kappa shape index (κ3) is 1.36. The van der Waals surface area contributed by atoms with Gasteiger partial charge in [-0.15, -0.1) is 11.8 Å². The van der Waals surface area contributed by atoms with E-state index in [4.69, 9.17) is 0 Å². The average Bonchev–Trinajstić information content (AvgIpc) is 2.43. The first-order valence-electron chi connectivity index (χ1n) is 3.22. The van der Waals surface area contributed by atoms with Gasteiger partial charge >= 0.3 is 29.6 Å². The third-order valence-electron chi connectivity index (χ3n) is 1.80. The van der Waals surface area contributed by atoms with E-state index in [9.17, 15) is 14.7 Å². The van der Waals surface area contributed by atoms with Gasteiger partial charge in [-0.3, -0.25) is 9.69 Å². The van der Waals surface area contributed by atoms with Gasteiger partial charge in [0.1, 0.15) is 5.37 Å². The van der Waals surface area contributed by atoms with Gasteiger partial charge in [0.05, 0.1) is 11.7 Å². The van der Waals surface area contributed by atoms with Crippen molar-refractivity contribution in [3.8, 4) is 0 Å². The van der Waals surface area contributed by atoms with E-state index in [0.717, 1.165) is 0 Å². The molecule has 1 saturated heterocycles. The molecule has 0 unspecified atom stereocenters. The van der Waals surface area contributed by atoms with Crippen molar-refractivity contribution in [3.63, 3.8) is 0 Å². The molecule has 0 aromatic carbocycles. The molecular weight excluding hydrogens is 201 g/mol. The summed E-state index contributed by atoms with van der Waals surface area (Å²) < 4.78 is 0. The fourth-order valence-electron chi connectivity index (χ4n) is 1.17. The smallest absolute Gasteiger partial charge is 0.543 e. The van der Waals surface area contributed by atoms with Gasteiger partial charge in [-0.25, -0.2) is 0 Å². The molecule has 2 aliphatic heterocycles. The summed E-state index contributed by atoms with van der Waals surface area (Å²) in [5, 5.41) is 11.6. The zero-order valence-corrected chi connectivity index (χ0v) is 9.76. The molecule has 0 aliphatic carbocycles. The van der Waals surface area contributed by atoms with Gasteiger partial charge in [-0.2, -0.15) is 0 Å². The maximum atomic E-state index is 11.0. The first kappa shape index (κ1) is 10.8. The molecule has 0 bridgehead atoms. The van der Waals surface area contributed by atoms with Gasteiger partial charge in [0.2, 0.25) is 0 Å². The molecule has 1 amide bonds. The number of carbonyl (C=O) groups excluding carboxylic acids is 2. The number of carboxylic acids is 1. The maximum Gasteiger partial charge on any atom is 1.00 e. The first-order valence-corrected chi connectivity index (χ1v) is 4.16. The molecule has 0 radical (unpaired) electrons.